The van der Waals surface area contributed by atoms with Gasteiger partial charge in [-0.3, -0.25) is 4.79 Å². The highest BCUT2D eigenvalue weighted by molar-refractivity contribution is 5.88. The third-order valence-corrected chi connectivity index (χ3v) is 5.56. The molecule has 1 saturated carbocycles. The number of fused-ring (bicyclic) bond motifs is 2. The molecule has 1 atom stereocenters. The second-order valence-corrected chi connectivity index (χ2v) is 7.09. The number of rotatable bonds is 3. The molecule has 3 fully saturated rings. The van der Waals surface area contributed by atoms with Gasteiger partial charge < -0.3 is 19.1 Å². The van der Waals surface area contributed by atoms with Crippen LogP contribution < -0.4 is 4.74 Å². The Morgan fingerprint density at radius 3 is 3.13 bits per heavy atom. The molecule has 5 heteroatoms. The molecule has 1 spiro atoms. The van der Waals surface area contributed by atoms with Crippen molar-refractivity contribution in [2.75, 3.05) is 13.2 Å². The van der Waals surface area contributed by atoms with E-state index in [-0.39, 0.29) is 18.2 Å². The van der Waals surface area contributed by atoms with E-state index in [1.807, 2.05) is 11.0 Å². The maximum atomic E-state index is 12.5. The van der Waals surface area contributed by atoms with E-state index in [0.717, 1.165) is 38.2 Å². The maximum Gasteiger partial charge on any atom is 0.257 e. The van der Waals surface area contributed by atoms with Crippen molar-refractivity contribution in [3.8, 4) is 5.75 Å². The zero-order valence-electron chi connectivity index (χ0n) is 13.1. The van der Waals surface area contributed by atoms with Crippen LogP contribution in [0.2, 0.25) is 0 Å². The first-order valence-corrected chi connectivity index (χ1v) is 8.59. The van der Waals surface area contributed by atoms with Gasteiger partial charge in [0.2, 0.25) is 0 Å². The molecule has 122 valence electrons. The third-order valence-electron chi connectivity index (χ3n) is 5.56. The second-order valence-electron chi connectivity index (χ2n) is 7.09. The van der Waals surface area contributed by atoms with E-state index in [1.54, 1.807) is 0 Å². The molecule has 0 bridgehead atoms. The Hall–Kier alpha value is -1.59. The highest BCUT2D eigenvalue weighted by Crippen LogP contribution is 2.47. The Balaban J connectivity index is 1.18. The van der Waals surface area contributed by atoms with Crippen molar-refractivity contribution < 1.29 is 19.0 Å². The largest absolute Gasteiger partial charge is 0.493 e. The molecule has 1 unspecified atom stereocenters. The summed E-state index contributed by atoms with van der Waals surface area (Å²) in [5.74, 6) is 1.19. The standard InChI is InChI=1S/C18H21NO4/c20-17-18(23-16-2-1-6-19(16)17)9-14(10-18)22-11-12-3-4-15-13(8-12)5-7-21-15/h3-4,8,14,16H,1-2,5-7,9-11H2. The molecular weight excluding hydrogens is 294 g/mol. The Kier molecular flexibility index (Phi) is 2.97. The van der Waals surface area contributed by atoms with Crippen molar-refractivity contribution in [2.24, 2.45) is 0 Å². The summed E-state index contributed by atoms with van der Waals surface area (Å²) in [6.07, 6.45) is 4.59. The van der Waals surface area contributed by atoms with Gasteiger partial charge in [0.25, 0.3) is 5.91 Å². The van der Waals surface area contributed by atoms with Crippen molar-refractivity contribution in [3.05, 3.63) is 29.3 Å². The van der Waals surface area contributed by atoms with E-state index >= 15 is 0 Å². The molecule has 0 N–H and O–H groups in total. The van der Waals surface area contributed by atoms with Gasteiger partial charge in [0, 0.05) is 25.8 Å². The molecule has 4 aliphatic rings. The monoisotopic (exact) mass is 315 g/mol. The van der Waals surface area contributed by atoms with Crippen molar-refractivity contribution >= 4 is 5.91 Å². The van der Waals surface area contributed by atoms with Crippen molar-refractivity contribution in [2.45, 2.75) is 56.6 Å². The van der Waals surface area contributed by atoms with Crippen LogP contribution in [0.3, 0.4) is 0 Å². The normalized spacial score (nSPS) is 34.4. The summed E-state index contributed by atoms with van der Waals surface area (Å²) in [6, 6.07) is 6.26. The molecule has 3 aliphatic heterocycles. The van der Waals surface area contributed by atoms with E-state index in [4.69, 9.17) is 14.2 Å². The van der Waals surface area contributed by atoms with Crippen molar-refractivity contribution in [1.29, 1.82) is 0 Å². The number of amides is 1. The lowest BCUT2D eigenvalue weighted by atomic mass is 9.76. The summed E-state index contributed by atoms with van der Waals surface area (Å²) in [5.41, 5.74) is 1.88. The van der Waals surface area contributed by atoms with Crippen LogP contribution in [0.5, 0.6) is 5.75 Å². The molecule has 0 radical (unpaired) electrons. The first-order chi connectivity index (χ1) is 11.2. The third kappa shape index (κ3) is 2.10. The van der Waals surface area contributed by atoms with E-state index < -0.39 is 5.60 Å². The van der Waals surface area contributed by atoms with Gasteiger partial charge in [-0.05, 0) is 36.1 Å². The molecule has 3 heterocycles. The van der Waals surface area contributed by atoms with Gasteiger partial charge in [-0.1, -0.05) is 6.07 Å². The Morgan fingerprint density at radius 1 is 1.35 bits per heavy atom. The minimum absolute atomic E-state index is 0.0279. The minimum atomic E-state index is -0.568. The van der Waals surface area contributed by atoms with E-state index in [9.17, 15) is 4.79 Å². The first kappa shape index (κ1) is 13.8. The predicted octanol–water partition coefficient (Wildman–Crippen LogP) is 2.02. The van der Waals surface area contributed by atoms with Gasteiger partial charge in [-0.15, -0.1) is 0 Å². The van der Waals surface area contributed by atoms with Crippen molar-refractivity contribution in [3.63, 3.8) is 0 Å². The Bertz CT molecular complexity index is 652. The van der Waals surface area contributed by atoms with Crippen LogP contribution >= 0.6 is 0 Å². The fraction of sp³-hybridized carbons (Fsp3) is 0.611. The quantitative estimate of drug-likeness (QED) is 0.856. The summed E-state index contributed by atoms with van der Waals surface area (Å²) >= 11 is 0. The van der Waals surface area contributed by atoms with Crippen LogP contribution in [0.4, 0.5) is 0 Å². The van der Waals surface area contributed by atoms with Crippen molar-refractivity contribution in [1.82, 2.24) is 4.90 Å². The number of ether oxygens (including phenoxy) is 3. The zero-order chi connectivity index (χ0) is 15.4. The molecular formula is C18H21NO4. The fourth-order valence-corrected chi connectivity index (χ4v) is 4.27. The summed E-state index contributed by atoms with van der Waals surface area (Å²) < 4.78 is 17.6. The molecule has 2 saturated heterocycles. The van der Waals surface area contributed by atoms with Crippen LogP contribution in [-0.2, 0) is 27.3 Å². The number of benzene rings is 1. The topological polar surface area (TPSA) is 48.0 Å². The summed E-state index contributed by atoms with van der Waals surface area (Å²) in [7, 11) is 0. The lowest BCUT2D eigenvalue weighted by Gasteiger charge is -2.42. The molecule has 1 aliphatic carbocycles. The number of nitrogens with zero attached hydrogens (tertiary/aromatic N) is 1. The van der Waals surface area contributed by atoms with Gasteiger partial charge in [-0.25, -0.2) is 0 Å². The molecule has 5 rings (SSSR count). The lowest BCUT2D eigenvalue weighted by molar-refractivity contribution is -0.177. The van der Waals surface area contributed by atoms with Gasteiger partial charge in [0.05, 0.1) is 19.3 Å². The summed E-state index contributed by atoms with van der Waals surface area (Å²) in [4.78, 5) is 14.4. The molecule has 1 amide bonds. The first-order valence-electron chi connectivity index (χ1n) is 8.59. The maximum absolute atomic E-state index is 12.5. The number of hydrogen-bond acceptors (Lipinski definition) is 4. The Morgan fingerprint density at radius 2 is 2.26 bits per heavy atom. The van der Waals surface area contributed by atoms with Gasteiger partial charge >= 0.3 is 0 Å². The van der Waals surface area contributed by atoms with Crippen LogP contribution in [0, 0.1) is 0 Å². The SMILES string of the molecule is O=C1N2CCCC2OC12CC(OCc1ccc3c(c1)CCO3)C2. The van der Waals surface area contributed by atoms with E-state index in [0.29, 0.717) is 19.4 Å². The fourth-order valence-electron chi connectivity index (χ4n) is 4.27. The minimum Gasteiger partial charge on any atom is -0.493 e. The number of carbonyl (C=O) groups is 1. The number of hydrogen-bond donors (Lipinski definition) is 0. The van der Waals surface area contributed by atoms with Gasteiger partial charge in [0.1, 0.15) is 12.0 Å². The van der Waals surface area contributed by atoms with Crippen LogP contribution in [-0.4, -0.2) is 41.9 Å². The average molecular weight is 315 g/mol. The number of carbonyl (C=O) groups excluding carboxylic acids is 1. The molecule has 23 heavy (non-hydrogen) atoms. The van der Waals surface area contributed by atoms with E-state index in [1.165, 1.54) is 11.1 Å². The van der Waals surface area contributed by atoms with E-state index in [2.05, 4.69) is 12.1 Å². The molecule has 0 aromatic heterocycles. The van der Waals surface area contributed by atoms with Gasteiger partial charge in [0.15, 0.2) is 5.60 Å². The highest BCUT2D eigenvalue weighted by Gasteiger charge is 2.61. The smallest absolute Gasteiger partial charge is 0.257 e. The second kappa shape index (κ2) is 4.95. The van der Waals surface area contributed by atoms with Crippen LogP contribution in [0.15, 0.2) is 18.2 Å². The summed E-state index contributed by atoms with van der Waals surface area (Å²) in [6.45, 7) is 2.23. The highest BCUT2D eigenvalue weighted by atomic mass is 16.6. The molecule has 1 aromatic carbocycles. The molecule has 5 nitrogen and oxygen atoms in total. The predicted molar refractivity (Wildman–Crippen MR) is 82.0 cm³/mol. The molecule has 1 aromatic rings. The average Bonchev–Trinajstić information content (AvgIpc) is 3.20. The van der Waals surface area contributed by atoms with Crippen LogP contribution in [0.1, 0.15) is 36.8 Å². The lowest BCUT2D eigenvalue weighted by Crippen LogP contribution is -2.54. The summed E-state index contributed by atoms with van der Waals surface area (Å²) in [5, 5.41) is 0. The van der Waals surface area contributed by atoms with Crippen LogP contribution in [0.25, 0.3) is 0 Å². The zero-order valence-corrected chi connectivity index (χ0v) is 13.1. The Labute approximate surface area is 135 Å². The van der Waals surface area contributed by atoms with Gasteiger partial charge in [-0.2, -0.15) is 0 Å².